The van der Waals surface area contributed by atoms with Gasteiger partial charge in [0.25, 0.3) is 0 Å². The van der Waals surface area contributed by atoms with Crippen LogP contribution in [0.2, 0.25) is 0 Å². The average molecular weight is 136 g/mol. The van der Waals surface area contributed by atoms with Crippen LogP contribution in [0.5, 0.6) is 0 Å². The SMILES string of the molecule is CCOC(=O)C(F)CO. The Bertz CT molecular complexity index is 94.2. The largest absolute Gasteiger partial charge is 0.464 e. The number of ether oxygens (including phenoxy) is 1. The van der Waals surface area contributed by atoms with Gasteiger partial charge in [-0.1, -0.05) is 0 Å². The first-order valence-corrected chi connectivity index (χ1v) is 2.64. The lowest BCUT2D eigenvalue weighted by molar-refractivity contribution is -0.150. The van der Waals surface area contributed by atoms with Crippen LogP contribution >= 0.6 is 0 Å². The number of carbonyl (C=O) groups is 1. The summed E-state index contributed by atoms with van der Waals surface area (Å²) in [7, 11) is 0. The number of halogens is 1. The van der Waals surface area contributed by atoms with Crippen LogP contribution in [-0.4, -0.2) is 30.5 Å². The van der Waals surface area contributed by atoms with Gasteiger partial charge in [-0.05, 0) is 6.92 Å². The van der Waals surface area contributed by atoms with E-state index in [2.05, 4.69) is 4.74 Å². The predicted octanol–water partition coefficient (Wildman–Crippen LogP) is -0.120. The molecule has 54 valence electrons. The van der Waals surface area contributed by atoms with Gasteiger partial charge in [0.1, 0.15) is 0 Å². The highest BCUT2D eigenvalue weighted by atomic mass is 19.1. The molecule has 9 heavy (non-hydrogen) atoms. The molecule has 0 aliphatic carbocycles. The Morgan fingerprint density at radius 1 is 1.89 bits per heavy atom. The molecule has 0 bridgehead atoms. The van der Waals surface area contributed by atoms with Gasteiger partial charge in [0.2, 0.25) is 6.17 Å². The van der Waals surface area contributed by atoms with Gasteiger partial charge in [0, 0.05) is 0 Å². The lowest BCUT2D eigenvalue weighted by Crippen LogP contribution is -2.22. The van der Waals surface area contributed by atoms with Crippen molar-refractivity contribution in [3.63, 3.8) is 0 Å². The fraction of sp³-hybridized carbons (Fsp3) is 0.800. The summed E-state index contributed by atoms with van der Waals surface area (Å²) in [6.45, 7) is 0.903. The van der Waals surface area contributed by atoms with Crippen molar-refractivity contribution >= 4 is 5.97 Å². The molecule has 0 amide bonds. The minimum Gasteiger partial charge on any atom is -0.464 e. The summed E-state index contributed by atoms with van der Waals surface area (Å²) in [6, 6.07) is 0. The van der Waals surface area contributed by atoms with E-state index in [0.717, 1.165) is 0 Å². The molecule has 0 aliphatic rings. The van der Waals surface area contributed by atoms with Crippen molar-refractivity contribution in [2.24, 2.45) is 0 Å². The van der Waals surface area contributed by atoms with E-state index >= 15 is 0 Å². The molecule has 0 heterocycles. The zero-order chi connectivity index (χ0) is 7.28. The van der Waals surface area contributed by atoms with Crippen LogP contribution in [0.1, 0.15) is 6.92 Å². The highest BCUT2D eigenvalue weighted by molar-refractivity contribution is 5.74. The molecule has 0 rings (SSSR count). The molecular weight excluding hydrogens is 127 g/mol. The van der Waals surface area contributed by atoms with E-state index in [0.29, 0.717) is 0 Å². The van der Waals surface area contributed by atoms with Gasteiger partial charge in [-0.15, -0.1) is 0 Å². The molecule has 0 radical (unpaired) electrons. The second kappa shape index (κ2) is 4.26. The molecular formula is C5H9FO3. The third-order valence-electron chi connectivity index (χ3n) is 0.703. The smallest absolute Gasteiger partial charge is 0.343 e. The maximum absolute atomic E-state index is 12.0. The van der Waals surface area contributed by atoms with Crippen molar-refractivity contribution in [2.45, 2.75) is 13.1 Å². The second-order valence-corrected chi connectivity index (χ2v) is 1.40. The van der Waals surface area contributed by atoms with Crippen molar-refractivity contribution in [1.29, 1.82) is 0 Å². The highest BCUT2D eigenvalue weighted by Crippen LogP contribution is 1.91. The number of esters is 1. The van der Waals surface area contributed by atoms with Crippen molar-refractivity contribution < 1.29 is 19.0 Å². The number of alkyl halides is 1. The highest BCUT2D eigenvalue weighted by Gasteiger charge is 2.15. The van der Waals surface area contributed by atoms with Gasteiger partial charge in [0.05, 0.1) is 13.2 Å². The zero-order valence-corrected chi connectivity index (χ0v) is 5.13. The van der Waals surface area contributed by atoms with Crippen molar-refractivity contribution in [1.82, 2.24) is 0 Å². The number of aliphatic hydroxyl groups is 1. The van der Waals surface area contributed by atoms with Crippen LogP contribution in [-0.2, 0) is 9.53 Å². The molecule has 1 unspecified atom stereocenters. The molecule has 0 spiro atoms. The van der Waals surface area contributed by atoms with E-state index in [-0.39, 0.29) is 6.61 Å². The molecule has 0 fully saturated rings. The van der Waals surface area contributed by atoms with Gasteiger partial charge < -0.3 is 9.84 Å². The molecule has 0 aromatic carbocycles. The summed E-state index contributed by atoms with van der Waals surface area (Å²) in [5.74, 6) is -1.000. The standard InChI is InChI=1S/C5H9FO3/c1-2-9-5(8)4(6)3-7/h4,7H,2-3H2,1H3. The molecule has 0 aromatic rings. The van der Waals surface area contributed by atoms with E-state index in [4.69, 9.17) is 5.11 Å². The van der Waals surface area contributed by atoms with Crippen LogP contribution in [0.15, 0.2) is 0 Å². The Hall–Kier alpha value is -0.640. The van der Waals surface area contributed by atoms with E-state index in [1.54, 1.807) is 6.92 Å². The maximum Gasteiger partial charge on any atom is 0.343 e. The third kappa shape index (κ3) is 3.03. The Balaban J connectivity index is 3.46. The van der Waals surface area contributed by atoms with E-state index in [1.165, 1.54) is 0 Å². The molecule has 0 saturated carbocycles. The summed E-state index contributed by atoms with van der Waals surface area (Å²) >= 11 is 0. The molecule has 0 saturated heterocycles. The Labute approximate surface area is 52.4 Å². The quantitative estimate of drug-likeness (QED) is 0.550. The number of rotatable bonds is 3. The summed E-state index contributed by atoms with van der Waals surface area (Å²) in [4.78, 5) is 10.2. The second-order valence-electron chi connectivity index (χ2n) is 1.40. The lowest BCUT2D eigenvalue weighted by atomic mass is 10.4. The van der Waals surface area contributed by atoms with Crippen LogP contribution in [0, 0.1) is 0 Å². The first kappa shape index (κ1) is 8.36. The van der Waals surface area contributed by atoms with E-state index < -0.39 is 18.7 Å². The average Bonchev–Trinajstić information content (AvgIpc) is 1.87. The third-order valence-corrected chi connectivity index (χ3v) is 0.703. The molecule has 0 aromatic heterocycles. The summed E-state index contributed by atoms with van der Waals surface area (Å²) < 4.78 is 16.2. The molecule has 1 atom stereocenters. The summed E-state index contributed by atoms with van der Waals surface area (Å²) in [6.07, 6.45) is -1.88. The van der Waals surface area contributed by atoms with E-state index in [9.17, 15) is 9.18 Å². The van der Waals surface area contributed by atoms with Crippen molar-refractivity contribution in [2.75, 3.05) is 13.2 Å². The monoisotopic (exact) mass is 136 g/mol. The lowest BCUT2D eigenvalue weighted by Gasteiger charge is -2.02. The first-order valence-electron chi connectivity index (χ1n) is 2.64. The summed E-state index contributed by atoms with van der Waals surface area (Å²) in [5.41, 5.74) is 0. The molecule has 4 heteroatoms. The number of hydrogen-bond donors (Lipinski definition) is 1. The number of carbonyl (C=O) groups excluding carboxylic acids is 1. The maximum atomic E-state index is 12.0. The first-order chi connectivity index (χ1) is 4.22. The number of aliphatic hydroxyl groups excluding tert-OH is 1. The van der Waals surface area contributed by atoms with Gasteiger partial charge in [-0.2, -0.15) is 0 Å². The molecule has 0 aliphatic heterocycles. The minimum atomic E-state index is -1.88. The topological polar surface area (TPSA) is 46.5 Å². The molecule has 3 nitrogen and oxygen atoms in total. The van der Waals surface area contributed by atoms with Crippen molar-refractivity contribution in [3.05, 3.63) is 0 Å². The fourth-order valence-electron chi connectivity index (χ4n) is 0.307. The molecule has 1 N–H and O–H groups in total. The summed E-state index contributed by atoms with van der Waals surface area (Å²) in [5, 5.41) is 8.06. The van der Waals surface area contributed by atoms with Crippen LogP contribution in [0.4, 0.5) is 4.39 Å². The van der Waals surface area contributed by atoms with Gasteiger partial charge >= 0.3 is 5.97 Å². The zero-order valence-electron chi connectivity index (χ0n) is 5.13. The Morgan fingerprint density at radius 2 is 2.44 bits per heavy atom. The predicted molar refractivity (Wildman–Crippen MR) is 28.6 cm³/mol. The normalized spacial score (nSPS) is 12.8. The van der Waals surface area contributed by atoms with Crippen LogP contribution in [0.25, 0.3) is 0 Å². The Morgan fingerprint density at radius 3 is 2.78 bits per heavy atom. The minimum absolute atomic E-state index is 0.138. The van der Waals surface area contributed by atoms with Crippen LogP contribution in [0.3, 0.4) is 0 Å². The van der Waals surface area contributed by atoms with Gasteiger partial charge in [0.15, 0.2) is 0 Å². The van der Waals surface area contributed by atoms with Gasteiger partial charge in [-0.25, -0.2) is 9.18 Å². The Kier molecular flexibility index (Phi) is 3.96. The number of hydrogen-bond acceptors (Lipinski definition) is 3. The van der Waals surface area contributed by atoms with E-state index in [1.807, 2.05) is 0 Å². The van der Waals surface area contributed by atoms with Gasteiger partial charge in [-0.3, -0.25) is 0 Å². The van der Waals surface area contributed by atoms with Crippen LogP contribution < -0.4 is 0 Å². The fourth-order valence-corrected chi connectivity index (χ4v) is 0.307. The van der Waals surface area contributed by atoms with Crippen molar-refractivity contribution in [3.8, 4) is 0 Å².